The van der Waals surface area contributed by atoms with Crippen LogP contribution in [-0.2, 0) is 5.41 Å². The van der Waals surface area contributed by atoms with Gasteiger partial charge in [-0.05, 0) is 202 Å². The molecule has 0 spiro atoms. The van der Waals surface area contributed by atoms with Gasteiger partial charge in [0.1, 0.15) is 23.0 Å². The molecule has 0 saturated heterocycles. The third kappa shape index (κ3) is 11.5. The van der Waals surface area contributed by atoms with Crippen molar-refractivity contribution in [2.45, 2.75) is 98.3 Å². The van der Waals surface area contributed by atoms with Crippen LogP contribution in [0.5, 0.6) is 23.0 Å². The molecule has 0 aromatic heterocycles. The zero-order valence-corrected chi connectivity index (χ0v) is 57.3. The van der Waals surface area contributed by atoms with Crippen LogP contribution in [0.15, 0.2) is 243 Å². The Balaban J connectivity index is 1.20. The average Bonchev–Trinajstić information content (AvgIpc) is 1.68. The van der Waals surface area contributed by atoms with Crippen LogP contribution < -0.4 is 38.5 Å². The van der Waals surface area contributed by atoms with Crippen molar-refractivity contribution < 1.29 is 18.9 Å². The second-order valence-electron chi connectivity index (χ2n) is 26.7. The summed E-state index contributed by atoms with van der Waals surface area (Å²) in [5.41, 5.74) is 21.0. The van der Waals surface area contributed by atoms with Crippen LogP contribution in [0.1, 0.15) is 126 Å². The van der Waals surface area contributed by atoms with Gasteiger partial charge in [0.25, 0.3) is 0 Å². The highest BCUT2D eigenvalue weighted by molar-refractivity contribution is 6.25. The van der Waals surface area contributed by atoms with Gasteiger partial charge in [-0.1, -0.05) is 178 Å². The number of rotatable bonds is 20. The number of ether oxygens (including phenoxy) is 4. The van der Waals surface area contributed by atoms with Gasteiger partial charge in [0.05, 0.1) is 62.6 Å². The van der Waals surface area contributed by atoms with Crippen molar-refractivity contribution in [1.29, 1.82) is 0 Å². The predicted octanol–water partition coefficient (Wildman–Crippen LogP) is 24.7. The van der Waals surface area contributed by atoms with Gasteiger partial charge in [0.2, 0.25) is 0 Å². The summed E-state index contributed by atoms with van der Waals surface area (Å²) in [6, 6.07) is 88.9. The molecule has 95 heavy (non-hydrogen) atoms. The predicted molar refractivity (Wildman–Crippen MR) is 400 cm³/mol. The van der Waals surface area contributed by atoms with Crippen molar-refractivity contribution in [3.63, 3.8) is 0 Å². The highest BCUT2D eigenvalue weighted by Gasteiger charge is 2.39. The van der Waals surface area contributed by atoms with E-state index in [2.05, 4.69) is 307 Å². The SMILES string of the molecule is COc1ccccc1N(c1ccc(C(C)C)cc1)c1ccc2c(c1)C(C)(C)c1cc3c(N(c4ccc(C(C)C)cc4)c4ccccc4OC)c4ccc(N(c5ccc(C(C)C)cc5)c5ccccc5OC)cc4c(N(c4ccc(C(C)C)cc4)c4ccccc4OC)c3cc1-2. The van der Waals surface area contributed by atoms with Crippen LogP contribution in [0.3, 0.4) is 0 Å². The summed E-state index contributed by atoms with van der Waals surface area (Å²) >= 11 is 0. The molecule has 0 radical (unpaired) electrons. The Hall–Kier alpha value is -10.4. The Kier molecular flexibility index (Phi) is 17.4. The van der Waals surface area contributed by atoms with Gasteiger partial charge in [-0.3, -0.25) is 0 Å². The number of para-hydroxylation sites is 8. The maximum Gasteiger partial charge on any atom is 0.142 e. The van der Waals surface area contributed by atoms with E-state index in [1.165, 1.54) is 38.9 Å². The molecule has 12 aromatic carbocycles. The van der Waals surface area contributed by atoms with Crippen LogP contribution in [0.25, 0.3) is 32.7 Å². The molecule has 8 heteroatoms. The van der Waals surface area contributed by atoms with Gasteiger partial charge in [-0.15, -0.1) is 0 Å². The van der Waals surface area contributed by atoms with Crippen LogP contribution >= 0.6 is 0 Å². The van der Waals surface area contributed by atoms with Gasteiger partial charge in [-0.2, -0.15) is 0 Å². The van der Waals surface area contributed by atoms with E-state index in [0.29, 0.717) is 23.7 Å². The number of fused-ring (bicyclic) bond motifs is 5. The van der Waals surface area contributed by atoms with Crippen molar-refractivity contribution >= 4 is 89.8 Å². The number of benzene rings is 12. The fourth-order valence-electron chi connectivity index (χ4n) is 14.1. The van der Waals surface area contributed by atoms with Crippen LogP contribution in [-0.4, -0.2) is 28.4 Å². The lowest BCUT2D eigenvalue weighted by atomic mass is 9.81. The molecule has 0 aliphatic heterocycles. The van der Waals surface area contributed by atoms with Crippen molar-refractivity contribution in [2.24, 2.45) is 0 Å². The molecule has 13 rings (SSSR count). The Morgan fingerprint density at radius 3 is 0.916 bits per heavy atom. The molecule has 0 saturated carbocycles. The molecule has 1 aliphatic rings. The summed E-state index contributed by atoms with van der Waals surface area (Å²) in [5, 5.41) is 4.13. The fraction of sp³-hybridized carbons (Fsp3) is 0.218. The molecule has 0 atom stereocenters. The van der Waals surface area contributed by atoms with Gasteiger partial charge in [0.15, 0.2) is 0 Å². The molecule has 0 unspecified atom stereocenters. The minimum absolute atomic E-state index is 0.317. The van der Waals surface area contributed by atoms with Gasteiger partial charge in [-0.25, -0.2) is 0 Å². The minimum atomic E-state index is -0.497. The molecule has 0 N–H and O–H groups in total. The minimum Gasteiger partial charge on any atom is -0.495 e. The van der Waals surface area contributed by atoms with E-state index < -0.39 is 5.41 Å². The smallest absolute Gasteiger partial charge is 0.142 e. The summed E-state index contributed by atoms with van der Waals surface area (Å²) < 4.78 is 25.4. The molecule has 1 aliphatic carbocycles. The van der Waals surface area contributed by atoms with E-state index in [-0.39, 0.29) is 0 Å². The van der Waals surface area contributed by atoms with Crippen LogP contribution in [0, 0.1) is 0 Å². The number of anilines is 12. The number of nitrogens with zero attached hydrogens (tertiary/aromatic N) is 4. The topological polar surface area (TPSA) is 49.9 Å². The van der Waals surface area contributed by atoms with Crippen LogP contribution in [0.2, 0.25) is 0 Å². The maximum absolute atomic E-state index is 6.49. The molecule has 8 nitrogen and oxygen atoms in total. The summed E-state index contributed by atoms with van der Waals surface area (Å²) in [7, 11) is 7.06. The zero-order valence-electron chi connectivity index (χ0n) is 57.3. The standard InChI is InChI=1S/C87H86N4O4/c1-55(2)59-31-39-63(40-32-59)88(77-23-15-19-27-81(77)92-11)67-48-50-70-72(51-67)86(91(80-26-18-22-30-84(80)95-14)66-45-37-62(38-46-66)58(7)8)73-53-71-69-49-47-68(89(78-24-16-20-28-82(78)93-12)64-41-33-60(34-42-64)56(3)4)52-75(69)87(9,10)76(71)54-74(73)85(70)90(79-25-17-21-29-83(79)94-13)65-43-35-61(36-44-65)57(5)6/h15-58H,1-14H3. The van der Waals surface area contributed by atoms with E-state index in [0.717, 1.165) is 118 Å². The average molecular weight is 1250 g/mol. The number of methoxy groups -OCH3 is 4. The zero-order chi connectivity index (χ0) is 66.4. The van der Waals surface area contributed by atoms with E-state index in [4.69, 9.17) is 18.9 Å². The first kappa shape index (κ1) is 63.3. The normalized spacial score (nSPS) is 12.4. The van der Waals surface area contributed by atoms with E-state index in [1.54, 1.807) is 28.4 Å². The number of hydrogen-bond donors (Lipinski definition) is 0. The maximum atomic E-state index is 6.49. The van der Waals surface area contributed by atoms with Crippen molar-refractivity contribution in [1.82, 2.24) is 0 Å². The lowest BCUT2D eigenvalue weighted by Gasteiger charge is -2.35. The van der Waals surface area contributed by atoms with E-state index in [9.17, 15) is 0 Å². The number of hydrogen-bond acceptors (Lipinski definition) is 8. The summed E-state index contributed by atoms with van der Waals surface area (Å²) in [5.74, 6) is 4.41. The molecule has 0 fully saturated rings. The molecule has 0 bridgehead atoms. The first-order valence-electron chi connectivity index (χ1n) is 33.4. The Bertz CT molecular complexity index is 4760. The molecular weight excluding hydrogens is 1160 g/mol. The van der Waals surface area contributed by atoms with Gasteiger partial charge >= 0.3 is 0 Å². The fourth-order valence-corrected chi connectivity index (χ4v) is 14.1. The molecular formula is C87H86N4O4. The van der Waals surface area contributed by atoms with Crippen molar-refractivity contribution in [3.8, 4) is 34.1 Å². The molecule has 12 aromatic rings. The second-order valence-corrected chi connectivity index (χ2v) is 26.7. The third-order valence-electron chi connectivity index (χ3n) is 19.4. The van der Waals surface area contributed by atoms with E-state index >= 15 is 0 Å². The van der Waals surface area contributed by atoms with E-state index in [1.807, 2.05) is 24.3 Å². The first-order chi connectivity index (χ1) is 46.0. The van der Waals surface area contributed by atoms with Crippen molar-refractivity contribution in [3.05, 3.63) is 276 Å². The van der Waals surface area contributed by atoms with Gasteiger partial charge < -0.3 is 38.5 Å². The summed E-state index contributed by atoms with van der Waals surface area (Å²) in [6.07, 6.45) is 0. The second kappa shape index (κ2) is 26.2. The monoisotopic (exact) mass is 1250 g/mol. The summed E-state index contributed by atoms with van der Waals surface area (Å²) in [6.45, 7) is 22.8. The first-order valence-corrected chi connectivity index (χ1v) is 33.4. The largest absolute Gasteiger partial charge is 0.495 e. The molecule has 0 amide bonds. The highest BCUT2D eigenvalue weighted by Crippen LogP contribution is 2.59. The third-order valence-corrected chi connectivity index (χ3v) is 19.4. The van der Waals surface area contributed by atoms with Crippen molar-refractivity contribution in [2.75, 3.05) is 48.0 Å². The molecule has 478 valence electrons. The molecule has 0 heterocycles. The highest BCUT2D eigenvalue weighted by atomic mass is 16.5. The van der Waals surface area contributed by atoms with Crippen LogP contribution in [0.4, 0.5) is 68.2 Å². The summed E-state index contributed by atoms with van der Waals surface area (Å²) in [4.78, 5) is 9.58. The lowest BCUT2D eigenvalue weighted by molar-refractivity contribution is 0.416. The Morgan fingerprint density at radius 1 is 0.263 bits per heavy atom. The van der Waals surface area contributed by atoms with Gasteiger partial charge in [0, 0.05) is 61.1 Å². The quantitative estimate of drug-likeness (QED) is 0.0553. The Morgan fingerprint density at radius 2 is 0.547 bits per heavy atom. The Labute approximate surface area is 562 Å². The lowest BCUT2D eigenvalue weighted by Crippen LogP contribution is -2.18.